The molecular weight excluding hydrogens is 218 g/mol. The number of rotatable bonds is 3. The average molecular weight is 235 g/mol. The second kappa shape index (κ2) is 5.29. The fraction of sp³-hybridized carbons (Fsp3) is 0.462. The lowest BCUT2D eigenvalue weighted by Crippen LogP contribution is -2.29. The number of ether oxygens (including phenoxy) is 1. The Kier molecular flexibility index (Phi) is 3.76. The predicted molar refractivity (Wildman–Crippen MR) is 63.7 cm³/mol. The zero-order chi connectivity index (χ0) is 12.3. The molecule has 0 aliphatic carbocycles. The molecule has 0 saturated carbocycles. The zero-order valence-electron chi connectivity index (χ0n) is 9.93. The summed E-state index contributed by atoms with van der Waals surface area (Å²) in [5.74, 6) is -0.00878. The van der Waals surface area contributed by atoms with E-state index in [0.717, 1.165) is 5.56 Å². The van der Waals surface area contributed by atoms with Crippen LogP contribution < -0.4 is 0 Å². The molecule has 1 heterocycles. The Bertz CT molecular complexity index is 388. The molecule has 0 spiro atoms. The van der Waals surface area contributed by atoms with Crippen LogP contribution in [-0.4, -0.2) is 42.2 Å². The maximum atomic E-state index is 12.0. The van der Waals surface area contributed by atoms with Crippen LogP contribution in [0.4, 0.5) is 0 Å². The van der Waals surface area contributed by atoms with Crippen LogP contribution in [0.25, 0.3) is 0 Å². The lowest BCUT2D eigenvalue weighted by Gasteiger charge is -2.15. The highest BCUT2D eigenvalue weighted by Crippen LogP contribution is 2.14. The van der Waals surface area contributed by atoms with Gasteiger partial charge in [-0.2, -0.15) is 0 Å². The number of methoxy groups -OCH3 is 1. The molecule has 1 aliphatic rings. The Morgan fingerprint density at radius 3 is 2.71 bits per heavy atom. The summed E-state index contributed by atoms with van der Waals surface area (Å²) in [7, 11) is 1.64. The third-order valence-electron chi connectivity index (χ3n) is 2.96. The third kappa shape index (κ3) is 2.84. The molecule has 0 radical (unpaired) electrons. The molecule has 1 aromatic carbocycles. The summed E-state index contributed by atoms with van der Waals surface area (Å²) in [4.78, 5) is 13.7. The van der Waals surface area contributed by atoms with Crippen molar-refractivity contribution in [2.45, 2.75) is 19.1 Å². The van der Waals surface area contributed by atoms with Crippen molar-refractivity contribution in [3.63, 3.8) is 0 Å². The Labute approximate surface area is 101 Å². The van der Waals surface area contributed by atoms with Gasteiger partial charge < -0.3 is 14.7 Å². The predicted octanol–water partition coefficient (Wildman–Crippen LogP) is 1.04. The van der Waals surface area contributed by atoms with Crippen LogP contribution in [0.5, 0.6) is 0 Å². The largest absolute Gasteiger partial charge is 0.391 e. The Balaban J connectivity index is 2.04. The lowest BCUT2D eigenvalue weighted by atomic mass is 10.1. The first-order valence-corrected chi connectivity index (χ1v) is 5.76. The average Bonchev–Trinajstić information content (AvgIpc) is 2.76. The third-order valence-corrected chi connectivity index (χ3v) is 2.96. The van der Waals surface area contributed by atoms with E-state index in [-0.39, 0.29) is 12.0 Å². The van der Waals surface area contributed by atoms with E-state index >= 15 is 0 Å². The molecule has 0 aromatic heterocycles. The summed E-state index contributed by atoms with van der Waals surface area (Å²) in [6, 6.07) is 7.40. The van der Waals surface area contributed by atoms with Crippen molar-refractivity contribution in [1.29, 1.82) is 0 Å². The molecular formula is C13H17NO3. The number of carbonyl (C=O) groups excluding carboxylic acids is 1. The van der Waals surface area contributed by atoms with Crippen LogP contribution in [-0.2, 0) is 11.3 Å². The second-order valence-electron chi connectivity index (χ2n) is 4.32. The van der Waals surface area contributed by atoms with Crippen LogP contribution in [0.15, 0.2) is 24.3 Å². The molecule has 17 heavy (non-hydrogen) atoms. The van der Waals surface area contributed by atoms with Crippen molar-refractivity contribution in [3.8, 4) is 0 Å². The highest BCUT2D eigenvalue weighted by atomic mass is 16.5. The van der Waals surface area contributed by atoms with Crippen molar-refractivity contribution < 1.29 is 14.6 Å². The monoisotopic (exact) mass is 235 g/mol. The Hall–Kier alpha value is -1.39. The van der Waals surface area contributed by atoms with Gasteiger partial charge in [0.1, 0.15) is 0 Å². The van der Waals surface area contributed by atoms with E-state index in [9.17, 15) is 9.90 Å². The number of hydrogen-bond donors (Lipinski definition) is 1. The lowest BCUT2D eigenvalue weighted by molar-refractivity contribution is 0.0765. The van der Waals surface area contributed by atoms with E-state index < -0.39 is 0 Å². The van der Waals surface area contributed by atoms with Gasteiger partial charge in [0.05, 0.1) is 12.7 Å². The molecule has 1 N–H and O–H groups in total. The summed E-state index contributed by atoms with van der Waals surface area (Å²) in [5.41, 5.74) is 1.71. The number of hydrogen-bond acceptors (Lipinski definition) is 3. The molecule has 1 atom stereocenters. The molecule has 2 rings (SSSR count). The first-order chi connectivity index (χ1) is 8.20. The summed E-state index contributed by atoms with van der Waals surface area (Å²) in [6.07, 6.45) is 0.305. The standard InChI is InChI=1S/C13H17NO3/c1-17-9-10-2-4-11(5-3-10)13(16)14-7-6-12(15)8-14/h2-5,12,15H,6-9H2,1H3/t12-/m0/s1. The summed E-state index contributed by atoms with van der Waals surface area (Å²) in [6.45, 7) is 1.63. The smallest absolute Gasteiger partial charge is 0.253 e. The Morgan fingerprint density at radius 1 is 1.47 bits per heavy atom. The van der Waals surface area contributed by atoms with Crippen molar-refractivity contribution in [2.75, 3.05) is 20.2 Å². The van der Waals surface area contributed by atoms with E-state index in [1.165, 1.54) is 0 Å². The van der Waals surface area contributed by atoms with Gasteiger partial charge in [-0.05, 0) is 24.1 Å². The number of amides is 1. The number of β-amino-alcohol motifs (C(OH)–C–C–N with tert-alkyl or cyclic N) is 1. The SMILES string of the molecule is COCc1ccc(C(=O)N2CC[C@H](O)C2)cc1. The van der Waals surface area contributed by atoms with Gasteiger partial charge in [0.2, 0.25) is 0 Å². The van der Waals surface area contributed by atoms with Gasteiger partial charge in [-0.15, -0.1) is 0 Å². The first-order valence-electron chi connectivity index (χ1n) is 5.76. The van der Waals surface area contributed by atoms with Crippen LogP contribution in [0.1, 0.15) is 22.3 Å². The number of nitrogens with zero attached hydrogens (tertiary/aromatic N) is 1. The van der Waals surface area contributed by atoms with Crippen LogP contribution in [0, 0.1) is 0 Å². The molecule has 4 nitrogen and oxygen atoms in total. The highest BCUT2D eigenvalue weighted by molar-refractivity contribution is 5.94. The van der Waals surface area contributed by atoms with E-state index in [1.807, 2.05) is 12.1 Å². The molecule has 92 valence electrons. The fourth-order valence-electron chi connectivity index (χ4n) is 2.02. The molecule has 1 aliphatic heterocycles. The Morgan fingerprint density at radius 2 is 2.18 bits per heavy atom. The topological polar surface area (TPSA) is 49.8 Å². The molecule has 1 aromatic rings. The molecule has 1 saturated heterocycles. The number of likely N-dealkylation sites (tertiary alicyclic amines) is 1. The van der Waals surface area contributed by atoms with Gasteiger partial charge in [0.15, 0.2) is 0 Å². The van der Waals surface area contributed by atoms with Crippen molar-refractivity contribution in [3.05, 3.63) is 35.4 Å². The summed E-state index contributed by atoms with van der Waals surface area (Å²) < 4.78 is 5.01. The summed E-state index contributed by atoms with van der Waals surface area (Å²) >= 11 is 0. The molecule has 4 heteroatoms. The van der Waals surface area contributed by atoms with Gasteiger partial charge in [-0.3, -0.25) is 4.79 Å². The van der Waals surface area contributed by atoms with E-state index in [2.05, 4.69) is 0 Å². The molecule has 1 amide bonds. The molecule has 1 fully saturated rings. The van der Waals surface area contributed by atoms with E-state index in [4.69, 9.17) is 4.74 Å². The normalized spacial score (nSPS) is 19.6. The van der Waals surface area contributed by atoms with E-state index in [1.54, 1.807) is 24.1 Å². The zero-order valence-corrected chi connectivity index (χ0v) is 9.93. The van der Waals surface area contributed by atoms with Gasteiger partial charge in [0, 0.05) is 25.8 Å². The van der Waals surface area contributed by atoms with Gasteiger partial charge >= 0.3 is 0 Å². The number of carbonyl (C=O) groups is 1. The highest BCUT2D eigenvalue weighted by Gasteiger charge is 2.25. The van der Waals surface area contributed by atoms with Crippen LogP contribution >= 0.6 is 0 Å². The summed E-state index contributed by atoms with van der Waals surface area (Å²) in [5, 5.41) is 9.40. The van der Waals surface area contributed by atoms with Crippen molar-refractivity contribution in [1.82, 2.24) is 4.90 Å². The quantitative estimate of drug-likeness (QED) is 0.851. The number of aliphatic hydroxyl groups excluding tert-OH is 1. The van der Waals surface area contributed by atoms with Crippen LogP contribution in [0.3, 0.4) is 0 Å². The molecule has 0 unspecified atom stereocenters. The minimum Gasteiger partial charge on any atom is -0.391 e. The fourth-order valence-corrected chi connectivity index (χ4v) is 2.02. The van der Waals surface area contributed by atoms with Crippen LogP contribution in [0.2, 0.25) is 0 Å². The van der Waals surface area contributed by atoms with Gasteiger partial charge in [-0.1, -0.05) is 12.1 Å². The van der Waals surface area contributed by atoms with E-state index in [0.29, 0.717) is 31.7 Å². The van der Waals surface area contributed by atoms with Crippen molar-refractivity contribution >= 4 is 5.91 Å². The molecule has 0 bridgehead atoms. The number of benzene rings is 1. The van der Waals surface area contributed by atoms with Crippen molar-refractivity contribution in [2.24, 2.45) is 0 Å². The maximum absolute atomic E-state index is 12.0. The van der Waals surface area contributed by atoms with Gasteiger partial charge in [-0.25, -0.2) is 0 Å². The first kappa shape index (κ1) is 12.1. The maximum Gasteiger partial charge on any atom is 0.253 e. The minimum absolute atomic E-state index is 0.00878. The van der Waals surface area contributed by atoms with Gasteiger partial charge in [0.25, 0.3) is 5.91 Å². The number of aliphatic hydroxyl groups is 1. The second-order valence-corrected chi connectivity index (χ2v) is 4.32. The minimum atomic E-state index is -0.369.